The summed E-state index contributed by atoms with van der Waals surface area (Å²) < 4.78 is 1.26. The third-order valence-corrected chi connectivity index (χ3v) is 6.25. The number of aryl methyl sites for hydroxylation is 1. The minimum Gasteiger partial charge on any atom is -0.351 e. The highest BCUT2D eigenvalue weighted by Gasteiger charge is 2.22. The zero-order valence-electron chi connectivity index (χ0n) is 16.7. The molecule has 4 rings (SSSR count). The third kappa shape index (κ3) is 4.32. The van der Waals surface area contributed by atoms with Gasteiger partial charge in [-0.2, -0.15) is 4.52 Å². The lowest BCUT2D eigenvalue weighted by molar-refractivity contribution is 0.0952. The highest BCUT2D eigenvalue weighted by Crippen LogP contribution is 2.26. The van der Waals surface area contributed by atoms with Crippen molar-refractivity contribution in [2.24, 2.45) is 5.92 Å². The van der Waals surface area contributed by atoms with Crippen LogP contribution in [0.2, 0.25) is 0 Å². The summed E-state index contributed by atoms with van der Waals surface area (Å²) in [7, 11) is 0. The molecule has 29 heavy (non-hydrogen) atoms. The molecule has 1 N–H and O–H groups in total. The van der Waals surface area contributed by atoms with E-state index >= 15 is 0 Å². The molecule has 1 unspecified atom stereocenters. The van der Waals surface area contributed by atoms with Crippen LogP contribution in [0.4, 0.5) is 5.13 Å². The maximum Gasteiger partial charge on any atom is 0.288 e. The Morgan fingerprint density at radius 2 is 2.10 bits per heavy atom. The van der Waals surface area contributed by atoms with Crippen LogP contribution >= 0.6 is 11.3 Å². The number of carbonyl (C=O) groups is 1. The van der Waals surface area contributed by atoms with E-state index in [9.17, 15) is 9.59 Å². The van der Waals surface area contributed by atoms with Crippen molar-refractivity contribution in [2.75, 3.05) is 24.5 Å². The maximum atomic E-state index is 12.8. The van der Waals surface area contributed by atoms with E-state index in [0.717, 1.165) is 30.2 Å². The zero-order chi connectivity index (χ0) is 20.4. The Morgan fingerprint density at radius 1 is 1.31 bits per heavy atom. The van der Waals surface area contributed by atoms with Crippen molar-refractivity contribution in [3.63, 3.8) is 0 Å². The Kier molecular flexibility index (Phi) is 5.62. The van der Waals surface area contributed by atoms with Crippen LogP contribution in [-0.4, -0.2) is 40.1 Å². The van der Waals surface area contributed by atoms with Gasteiger partial charge in [0.15, 0.2) is 0 Å². The van der Waals surface area contributed by atoms with Gasteiger partial charge in [0.1, 0.15) is 5.56 Å². The van der Waals surface area contributed by atoms with Gasteiger partial charge >= 0.3 is 0 Å². The van der Waals surface area contributed by atoms with Crippen LogP contribution in [0.1, 0.15) is 41.3 Å². The average Bonchev–Trinajstić information content (AvgIpc) is 3.15. The van der Waals surface area contributed by atoms with Crippen LogP contribution in [0.5, 0.6) is 0 Å². The topological polar surface area (TPSA) is 79.6 Å². The zero-order valence-corrected chi connectivity index (χ0v) is 17.5. The first kappa shape index (κ1) is 19.6. The molecule has 1 fully saturated rings. The smallest absolute Gasteiger partial charge is 0.288 e. The lowest BCUT2D eigenvalue weighted by Gasteiger charge is -2.30. The molecule has 1 atom stereocenters. The van der Waals surface area contributed by atoms with Gasteiger partial charge in [0.25, 0.3) is 11.5 Å². The van der Waals surface area contributed by atoms with E-state index in [0.29, 0.717) is 23.8 Å². The Bertz CT molecular complexity index is 1070. The molecule has 1 amide bonds. The summed E-state index contributed by atoms with van der Waals surface area (Å²) in [4.78, 5) is 32.3. The van der Waals surface area contributed by atoms with Crippen molar-refractivity contribution < 1.29 is 4.79 Å². The molecule has 3 heterocycles. The summed E-state index contributed by atoms with van der Waals surface area (Å²) >= 11 is 1.39. The molecule has 7 nitrogen and oxygen atoms in total. The summed E-state index contributed by atoms with van der Waals surface area (Å²) in [5.41, 5.74) is 1.94. The van der Waals surface area contributed by atoms with E-state index in [2.05, 4.69) is 27.2 Å². The predicted molar refractivity (Wildman–Crippen MR) is 115 cm³/mol. The molecule has 8 heteroatoms. The molecule has 0 bridgehead atoms. The molecule has 1 aliphatic rings. The van der Waals surface area contributed by atoms with Crippen LogP contribution < -0.4 is 15.8 Å². The minimum absolute atomic E-state index is 0.0234. The average molecular weight is 412 g/mol. The normalized spacial score (nSPS) is 16.9. The maximum absolute atomic E-state index is 12.8. The number of aromatic nitrogens is 3. The molecular weight excluding hydrogens is 386 g/mol. The largest absolute Gasteiger partial charge is 0.351 e. The Morgan fingerprint density at radius 3 is 2.86 bits per heavy atom. The van der Waals surface area contributed by atoms with Crippen molar-refractivity contribution in [3.8, 4) is 0 Å². The first-order valence-electron chi connectivity index (χ1n) is 9.99. The molecule has 0 saturated carbocycles. The fraction of sp³-hybridized carbons (Fsp3) is 0.429. The second kappa shape index (κ2) is 8.32. The van der Waals surface area contributed by atoms with Crippen LogP contribution in [0.15, 0.2) is 35.3 Å². The second-order valence-electron chi connectivity index (χ2n) is 7.74. The molecule has 2 aromatic heterocycles. The number of nitrogens with zero attached hydrogens (tertiary/aromatic N) is 4. The molecule has 0 radical (unpaired) electrons. The predicted octanol–water partition coefficient (Wildman–Crippen LogP) is 2.67. The number of hydrogen-bond acceptors (Lipinski definition) is 6. The number of anilines is 1. The summed E-state index contributed by atoms with van der Waals surface area (Å²) in [5.74, 6) is 0.195. The summed E-state index contributed by atoms with van der Waals surface area (Å²) in [6.07, 6.45) is 4.40. The van der Waals surface area contributed by atoms with Crippen LogP contribution in [0.3, 0.4) is 0 Å². The summed E-state index contributed by atoms with van der Waals surface area (Å²) in [6.45, 7) is 6.59. The van der Waals surface area contributed by atoms with Gasteiger partial charge in [-0.15, -0.1) is 5.10 Å². The highest BCUT2D eigenvalue weighted by atomic mass is 32.1. The highest BCUT2D eigenvalue weighted by molar-refractivity contribution is 7.20. The first-order chi connectivity index (χ1) is 14.0. The minimum atomic E-state index is -0.421. The van der Waals surface area contributed by atoms with E-state index in [1.807, 2.05) is 31.2 Å². The van der Waals surface area contributed by atoms with Gasteiger partial charge in [0.05, 0.1) is 0 Å². The second-order valence-corrected chi connectivity index (χ2v) is 8.68. The van der Waals surface area contributed by atoms with E-state index in [-0.39, 0.29) is 5.56 Å². The standard InChI is InChI=1S/C21H25N5O2S/c1-14-5-7-16(8-6-14)9-10-22-18(27)17-12-23-20-26(19(17)28)24-21(29-20)25-11-3-4-15(2)13-25/h5-8,12,15H,3-4,9-11,13H2,1-2H3,(H,22,27). The number of benzene rings is 1. The van der Waals surface area contributed by atoms with Gasteiger partial charge in [-0.3, -0.25) is 9.59 Å². The van der Waals surface area contributed by atoms with Gasteiger partial charge in [-0.1, -0.05) is 48.1 Å². The van der Waals surface area contributed by atoms with Gasteiger partial charge in [-0.05, 0) is 37.7 Å². The van der Waals surface area contributed by atoms with E-state index in [1.54, 1.807) is 0 Å². The van der Waals surface area contributed by atoms with Crippen molar-refractivity contribution >= 4 is 27.3 Å². The molecule has 152 valence electrons. The summed E-state index contributed by atoms with van der Waals surface area (Å²) in [6, 6.07) is 8.18. The molecule has 1 aromatic carbocycles. The fourth-order valence-corrected chi connectivity index (χ4v) is 4.49. The fourth-order valence-electron chi connectivity index (χ4n) is 3.59. The van der Waals surface area contributed by atoms with Crippen molar-refractivity contribution in [1.82, 2.24) is 19.9 Å². The third-order valence-electron chi connectivity index (χ3n) is 5.27. The summed E-state index contributed by atoms with van der Waals surface area (Å²) in [5, 5.41) is 8.06. The number of amides is 1. The van der Waals surface area contributed by atoms with Gasteiger partial charge in [0, 0.05) is 25.8 Å². The van der Waals surface area contributed by atoms with Crippen LogP contribution in [-0.2, 0) is 6.42 Å². The molecular formula is C21H25N5O2S. The number of nitrogens with one attached hydrogen (secondary N) is 1. The molecule has 0 aliphatic carbocycles. The van der Waals surface area contributed by atoms with Gasteiger partial charge < -0.3 is 10.2 Å². The van der Waals surface area contributed by atoms with E-state index < -0.39 is 11.5 Å². The number of rotatable bonds is 5. The quantitative estimate of drug-likeness (QED) is 0.698. The lowest BCUT2D eigenvalue weighted by Crippen LogP contribution is -2.35. The number of carbonyl (C=O) groups excluding carboxylic acids is 1. The van der Waals surface area contributed by atoms with E-state index in [1.165, 1.54) is 34.0 Å². The van der Waals surface area contributed by atoms with Crippen molar-refractivity contribution in [1.29, 1.82) is 0 Å². The molecule has 3 aromatic rings. The lowest BCUT2D eigenvalue weighted by atomic mass is 10.0. The van der Waals surface area contributed by atoms with Crippen LogP contribution in [0.25, 0.3) is 4.96 Å². The molecule has 0 spiro atoms. The Hall–Kier alpha value is -2.74. The van der Waals surface area contributed by atoms with Gasteiger partial charge in [-0.25, -0.2) is 4.98 Å². The Balaban J connectivity index is 1.47. The monoisotopic (exact) mass is 411 g/mol. The molecule has 1 saturated heterocycles. The SMILES string of the molecule is Cc1ccc(CCNC(=O)c2cnc3sc(N4CCCC(C)C4)nn3c2=O)cc1. The number of piperidine rings is 1. The Labute approximate surface area is 173 Å². The van der Waals surface area contributed by atoms with Crippen molar-refractivity contribution in [3.05, 3.63) is 57.5 Å². The van der Waals surface area contributed by atoms with E-state index in [4.69, 9.17) is 0 Å². The first-order valence-corrected chi connectivity index (χ1v) is 10.8. The number of fused-ring (bicyclic) bond motifs is 1. The van der Waals surface area contributed by atoms with Crippen LogP contribution in [0, 0.1) is 12.8 Å². The van der Waals surface area contributed by atoms with Crippen molar-refractivity contribution in [2.45, 2.75) is 33.1 Å². The van der Waals surface area contributed by atoms with Gasteiger partial charge in [0.2, 0.25) is 10.1 Å². The molecule has 1 aliphatic heterocycles. The number of hydrogen-bond donors (Lipinski definition) is 1.